The molecule has 88 valence electrons. The number of hydrogen-bond donors (Lipinski definition) is 1. The van der Waals surface area contributed by atoms with Gasteiger partial charge in [0.1, 0.15) is 0 Å². The highest BCUT2D eigenvalue weighted by atomic mass is 16.2. The molecule has 16 heavy (non-hydrogen) atoms. The number of nitrogens with zero attached hydrogens (tertiary/aromatic N) is 2. The van der Waals surface area contributed by atoms with Crippen LogP contribution in [0.15, 0.2) is 0 Å². The van der Waals surface area contributed by atoms with E-state index in [1.54, 1.807) is 0 Å². The van der Waals surface area contributed by atoms with E-state index < -0.39 is 0 Å². The molecule has 4 nitrogen and oxygen atoms in total. The summed E-state index contributed by atoms with van der Waals surface area (Å²) in [5, 5.41) is 11.9. The minimum atomic E-state index is 0.293. The highest BCUT2D eigenvalue weighted by Crippen LogP contribution is 2.28. The van der Waals surface area contributed by atoms with Crippen LogP contribution in [0.5, 0.6) is 0 Å². The fraction of sp³-hybridized carbons (Fsp3) is 0.833. The molecular weight excluding hydrogens is 202 g/mol. The topological polar surface area (TPSA) is 56.1 Å². The molecule has 2 fully saturated rings. The van der Waals surface area contributed by atoms with E-state index in [-0.39, 0.29) is 0 Å². The number of nitrogens with one attached hydrogen (secondary N) is 1. The Morgan fingerprint density at radius 1 is 1.50 bits per heavy atom. The van der Waals surface area contributed by atoms with E-state index in [4.69, 9.17) is 5.26 Å². The van der Waals surface area contributed by atoms with Gasteiger partial charge in [-0.3, -0.25) is 4.79 Å². The van der Waals surface area contributed by atoms with E-state index in [1.807, 2.05) is 4.90 Å². The summed E-state index contributed by atoms with van der Waals surface area (Å²) in [6.07, 6.45) is 4.17. The van der Waals surface area contributed by atoms with Crippen molar-refractivity contribution in [3.63, 3.8) is 0 Å². The Morgan fingerprint density at radius 2 is 2.38 bits per heavy atom. The Bertz CT molecular complexity index is 297. The van der Waals surface area contributed by atoms with E-state index in [1.165, 1.54) is 0 Å². The molecule has 2 rings (SSSR count). The number of hydrogen-bond acceptors (Lipinski definition) is 3. The molecule has 0 aromatic heterocycles. The zero-order valence-corrected chi connectivity index (χ0v) is 9.61. The summed E-state index contributed by atoms with van der Waals surface area (Å²) in [5.41, 5.74) is 0. The summed E-state index contributed by atoms with van der Waals surface area (Å²) in [4.78, 5) is 13.9. The van der Waals surface area contributed by atoms with Gasteiger partial charge in [-0.2, -0.15) is 5.26 Å². The standard InChI is InChI=1S/C12H19N3O/c13-6-1-2-8-15-11-5-7-14-9-10(11)3-4-12(15)16/h10-11,14H,1-5,7-9H2. The highest BCUT2D eigenvalue weighted by Gasteiger charge is 2.36. The first-order valence-corrected chi connectivity index (χ1v) is 6.20. The van der Waals surface area contributed by atoms with Gasteiger partial charge in [0.05, 0.1) is 6.07 Å². The fourth-order valence-corrected chi connectivity index (χ4v) is 2.87. The summed E-state index contributed by atoms with van der Waals surface area (Å²) in [6.45, 7) is 2.84. The molecular formula is C12H19N3O. The smallest absolute Gasteiger partial charge is 0.222 e. The number of nitriles is 1. The van der Waals surface area contributed by atoms with Crippen LogP contribution in [0.2, 0.25) is 0 Å². The highest BCUT2D eigenvalue weighted by molar-refractivity contribution is 5.77. The third-order valence-electron chi connectivity index (χ3n) is 3.70. The van der Waals surface area contributed by atoms with Crippen molar-refractivity contribution in [2.24, 2.45) is 5.92 Å². The van der Waals surface area contributed by atoms with Gasteiger partial charge in [0.15, 0.2) is 0 Å². The van der Waals surface area contributed by atoms with Gasteiger partial charge in [-0.05, 0) is 38.3 Å². The van der Waals surface area contributed by atoms with Gasteiger partial charge >= 0.3 is 0 Å². The maximum Gasteiger partial charge on any atom is 0.222 e. The van der Waals surface area contributed by atoms with Crippen LogP contribution in [0, 0.1) is 17.2 Å². The maximum atomic E-state index is 11.9. The second-order valence-corrected chi connectivity index (χ2v) is 4.71. The minimum Gasteiger partial charge on any atom is -0.339 e. The average molecular weight is 221 g/mol. The monoisotopic (exact) mass is 221 g/mol. The van der Waals surface area contributed by atoms with Crippen LogP contribution in [0.25, 0.3) is 0 Å². The van der Waals surface area contributed by atoms with Crippen molar-refractivity contribution in [1.82, 2.24) is 10.2 Å². The zero-order valence-electron chi connectivity index (χ0n) is 9.61. The molecule has 0 saturated carbocycles. The average Bonchev–Trinajstić information content (AvgIpc) is 2.32. The molecule has 0 bridgehead atoms. The fourth-order valence-electron chi connectivity index (χ4n) is 2.87. The molecule has 0 spiro atoms. The van der Waals surface area contributed by atoms with Crippen molar-refractivity contribution < 1.29 is 4.79 Å². The second-order valence-electron chi connectivity index (χ2n) is 4.71. The Kier molecular flexibility index (Phi) is 3.79. The van der Waals surface area contributed by atoms with Crippen LogP contribution in [-0.2, 0) is 4.79 Å². The van der Waals surface area contributed by atoms with Gasteiger partial charge in [-0.25, -0.2) is 0 Å². The van der Waals surface area contributed by atoms with Crippen LogP contribution in [0.1, 0.15) is 32.1 Å². The lowest BCUT2D eigenvalue weighted by Crippen LogP contribution is -2.55. The number of unbranched alkanes of at least 4 members (excludes halogenated alkanes) is 1. The van der Waals surface area contributed by atoms with Crippen molar-refractivity contribution in [2.45, 2.75) is 38.1 Å². The normalized spacial score (nSPS) is 29.7. The van der Waals surface area contributed by atoms with E-state index in [2.05, 4.69) is 11.4 Å². The van der Waals surface area contributed by atoms with Gasteiger partial charge in [0.25, 0.3) is 0 Å². The summed E-state index contributed by atoms with van der Waals surface area (Å²) >= 11 is 0. The van der Waals surface area contributed by atoms with Gasteiger partial charge in [0.2, 0.25) is 5.91 Å². The molecule has 2 atom stereocenters. The number of piperidine rings is 2. The summed E-state index contributed by atoms with van der Waals surface area (Å²) < 4.78 is 0. The first kappa shape index (κ1) is 11.4. The molecule has 2 unspecified atom stereocenters. The summed E-state index contributed by atoms with van der Waals surface area (Å²) in [6, 6.07) is 2.58. The van der Waals surface area contributed by atoms with Crippen molar-refractivity contribution in [3.05, 3.63) is 0 Å². The second kappa shape index (κ2) is 5.31. The van der Waals surface area contributed by atoms with Gasteiger partial charge in [-0.15, -0.1) is 0 Å². The number of carbonyl (C=O) groups is 1. The van der Waals surface area contributed by atoms with E-state index in [9.17, 15) is 4.79 Å². The first-order chi connectivity index (χ1) is 7.83. The van der Waals surface area contributed by atoms with E-state index in [0.717, 1.165) is 38.9 Å². The molecule has 0 radical (unpaired) electrons. The van der Waals surface area contributed by atoms with Gasteiger partial charge < -0.3 is 10.2 Å². The molecule has 2 heterocycles. The molecule has 2 aliphatic heterocycles. The van der Waals surface area contributed by atoms with Gasteiger partial charge in [0, 0.05) is 25.4 Å². The lowest BCUT2D eigenvalue weighted by atomic mass is 9.84. The Morgan fingerprint density at radius 3 is 3.19 bits per heavy atom. The predicted octanol–water partition coefficient (Wildman–Crippen LogP) is 0.891. The van der Waals surface area contributed by atoms with Gasteiger partial charge in [-0.1, -0.05) is 0 Å². The Labute approximate surface area is 96.6 Å². The molecule has 2 saturated heterocycles. The van der Waals surface area contributed by atoms with Crippen LogP contribution in [0.4, 0.5) is 0 Å². The molecule has 4 heteroatoms. The van der Waals surface area contributed by atoms with Crippen molar-refractivity contribution in [1.29, 1.82) is 5.26 Å². The van der Waals surface area contributed by atoms with E-state index >= 15 is 0 Å². The first-order valence-electron chi connectivity index (χ1n) is 6.20. The summed E-state index contributed by atoms with van der Waals surface area (Å²) in [7, 11) is 0. The lowest BCUT2D eigenvalue weighted by Gasteiger charge is -2.44. The Hall–Kier alpha value is -1.08. The number of carbonyl (C=O) groups excluding carboxylic acids is 1. The number of rotatable bonds is 3. The quantitative estimate of drug-likeness (QED) is 0.720. The number of likely N-dealkylation sites (tertiary alicyclic amines) is 1. The van der Waals surface area contributed by atoms with E-state index in [0.29, 0.717) is 30.7 Å². The predicted molar refractivity (Wildman–Crippen MR) is 60.6 cm³/mol. The maximum absolute atomic E-state index is 11.9. The van der Waals surface area contributed by atoms with Crippen molar-refractivity contribution >= 4 is 5.91 Å². The number of fused-ring (bicyclic) bond motifs is 1. The Balaban J connectivity index is 1.95. The SMILES string of the molecule is N#CCCCN1C(=O)CCC2CNCCC21. The van der Waals surface area contributed by atoms with Crippen molar-refractivity contribution in [2.75, 3.05) is 19.6 Å². The molecule has 0 aromatic rings. The van der Waals surface area contributed by atoms with Crippen LogP contribution in [-0.4, -0.2) is 36.5 Å². The third-order valence-corrected chi connectivity index (χ3v) is 3.70. The molecule has 2 aliphatic rings. The largest absolute Gasteiger partial charge is 0.339 e. The minimum absolute atomic E-state index is 0.293. The lowest BCUT2D eigenvalue weighted by molar-refractivity contribution is -0.139. The van der Waals surface area contributed by atoms with Crippen molar-refractivity contribution in [3.8, 4) is 6.07 Å². The third kappa shape index (κ3) is 2.35. The molecule has 1 amide bonds. The van der Waals surface area contributed by atoms with Crippen LogP contribution >= 0.6 is 0 Å². The molecule has 0 aliphatic carbocycles. The van der Waals surface area contributed by atoms with Crippen LogP contribution < -0.4 is 5.32 Å². The molecule has 0 aromatic carbocycles. The molecule has 1 N–H and O–H groups in total. The summed E-state index contributed by atoms with van der Waals surface area (Å²) in [5.74, 6) is 0.926. The number of amides is 1. The van der Waals surface area contributed by atoms with Crippen LogP contribution in [0.3, 0.4) is 0 Å². The zero-order chi connectivity index (χ0) is 11.4.